The van der Waals surface area contributed by atoms with E-state index in [1.165, 1.54) is 89.2 Å². The average molecular weight is 1170 g/mol. The van der Waals surface area contributed by atoms with Crippen molar-refractivity contribution >= 4 is 78.3 Å². The second kappa shape index (κ2) is 22.6. The van der Waals surface area contributed by atoms with Crippen molar-refractivity contribution in [3.05, 3.63) is 176 Å². The minimum atomic E-state index is -0.940. The lowest BCUT2D eigenvalue weighted by atomic mass is 10.1. The first-order valence-corrected chi connectivity index (χ1v) is 23.8. The maximum absolute atomic E-state index is 14.2. The zero-order valence-electron chi connectivity index (χ0n) is 37.1. The lowest BCUT2D eigenvalue weighted by molar-refractivity contribution is -0.392. The maximum Gasteiger partial charge on any atom is 0.406 e. The van der Waals surface area contributed by atoms with E-state index in [2.05, 4.69) is 72.6 Å². The van der Waals surface area contributed by atoms with Crippen molar-refractivity contribution in [2.45, 2.75) is 52.0 Å². The molecule has 0 bridgehead atoms. The standard InChI is InChI=1S/C22H16BrClFN7O4.C17H15ClFN5O2.C5H2BrFN2O2/c23-14-6-19(22(26-8-14)32(34)35)36-11-13-5-15(25)3-4-17(13)31-18(7-20(24)28-31)21(33)16-10-30(29-27-16)9-12-1-2-12;18-16-6-15(17(26)13-8-23(22-20-13)7-10-1-2-10)24(21-16)14-4-3-12(19)5-11(14)9-25;6-3-1-4(7)5(8-2-3)9(10)11/h3-8,10,12H,1-2,9,11H2;3-6,8,10,25H,1-2,7,9H2;1-2H. The molecule has 73 heavy (non-hydrogen) atoms. The summed E-state index contributed by atoms with van der Waals surface area (Å²) in [5.41, 5.74) is 1.75. The molecule has 2 saturated carbocycles. The summed E-state index contributed by atoms with van der Waals surface area (Å²) < 4.78 is 52.5. The van der Waals surface area contributed by atoms with Crippen LogP contribution in [-0.2, 0) is 26.3 Å². The van der Waals surface area contributed by atoms with Crippen LogP contribution in [0.2, 0.25) is 10.3 Å². The number of benzene rings is 2. The Balaban J connectivity index is 0.000000167. The third-order valence-corrected chi connectivity index (χ3v) is 11.9. The number of ether oxygens (including phenoxy) is 1. The average Bonchev–Trinajstić information content (AvgIpc) is 4.12. The molecule has 376 valence electrons. The van der Waals surface area contributed by atoms with E-state index in [0.29, 0.717) is 38.7 Å². The van der Waals surface area contributed by atoms with Crippen LogP contribution in [0.25, 0.3) is 11.4 Å². The van der Waals surface area contributed by atoms with Crippen molar-refractivity contribution in [3.63, 3.8) is 0 Å². The summed E-state index contributed by atoms with van der Waals surface area (Å²) in [6.07, 6.45) is 10.2. The molecule has 0 aliphatic heterocycles. The van der Waals surface area contributed by atoms with Gasteiger partial charge in [0.05, 0.1) is 39.3 Å². The van der Waals surface area contributed by atoms with Gasteiger partial charge in [-0.1, -0.05) is 33.6 Å². The monoisotopic (exact) mass is 1170 g/mol. The van der Waals surface area contributed by atoms with Crippen molar-refractivity contribution in [3.8, 4) is 17.1 Å². The van der Waals surface area contributed by atoms with Crippen LogP contribution in [0.4, 0.5) is 24.8 Å². The minimum absolute atomic E-state index is 0.0340. The molecule has 6 aromatic heterocycles. The highest BCUT2D eigenvalue weighted by Gasteiger charge is 2.28. The van der Waals surface area contributed by atoms with E-state index >= 15 is 0 Å². The van der Waals surface area contributed by atoms with Crippen molar-refractivity contribution in [2.24, 2.45) is 11.8 Å². The molecule has 2 aromatic carbocycles. The summed E-state index contributed by atoms with van der Waals surface area (Å²) in [7, 11) is 0. The number of aliphatic hydroxyl groups excluding tert-OH is 1. The maximum atomic E-state index is 14.2. The molecular formula is C44H33Br2Cl2F3N14O8. The van der Waals surface area contributed by atoms with Gasteiger partial charge in [-0.15, -0.1) is 10.2 Å². The van der Waals surface area contributed by atoms with E-state index in [-0.39, 0.29) is 56.6 Å². The fraction of sp³-hybridized carbons (Fsp3) is 0.227. The Kier molecular flexibility index (Phi) is 16.1. The number of nitrogens with zero attached hydrogens (tertiary/aromatic N) is 14. The summed E-state index contributed by atoms with van der Waals surface area (Å²) in [5.74, 6) is -3.11. The smallest absolute Gasteiger partial charge is 0.406 e. The molecule has 0 amide bonds. The van der Waals surface area contributed by atoms with Crippen LogP contribution in [-0.4, -0.2) is 86.0 Å². The number of pyridine rings is 2. The third-order valence-electron chi connectivity index (χ3n) is 10.7. The molecule has 10 rings (SSSR count). The number of hydrogen-bond acceptors (Lipinski definition) is 16. The van der Waals surface area contributed by atoms with Gasteiger partial charge in [-0.25, -0.2) is 18.1 Å². The number of hydrogen-bond donors (Lipinski definition) is 1. The number of aromatic nitrogens is 12. The van der Waals surface area contributed by atoms with Gasteiger partial charge in [0.15, 0.2) is 34.1 Å². The molecule has 0 unspecified atom stereocenters. The van der Waals surface area contributed by atoms with E-state index in [1.54, 1.807) is 21.8 Å². The Morgan fingerprint density at radius 2 is 1.16 bits per heavy atom. The molecule has 2 fully saturated rings. The normalized spacial score (nSPS) is 12.9. The van der Waals surface area contributed by atoms with Gasteiger partial charge in [0.1, 0.15) is 29.6 Å². The van der Waals surface area contributed by atoms with Gasteiger partial charge in [-0.2, -0.15) is 14.6 Å². The molecule has 8 aromatic rings. The Morgan fingerprint density at radius 1 is 0.699 bits per heavy atom. The molecule has 0 radical (unpaired) electrons. The SMILES string of the molecule is O=C(c1cn(CC2CC2)nn1)c1cc(Cl)nn1-c1ccc(F)cc1CO.O=C(c1cn(CC2CC2)nn1)c1cc(Cl)nn1-c1ccc(F)cc1COc1cc(Br)cnc1[N+](=O)[O-].O=[N+]([O-])c1ncc(Br)cc1F. The van der Waals surface area contributed by atoms with Crippen LogP contribution in [0.1, 0.15) is 69.2 Å². The lowest BCUT2D eigenvalue weighted by Crippen LogP contribution is -2.13. The van der Waals surface area contributed by atoms with Gasteiger partial charge in [-0.05, 0) is 126 Å². The zero-order valence-corrected chi connectivity index (χ0v) is 41.8. The summed E-state index contributed by atoms with van der Waals surface area (Å²) in [4.78, 5) is 52.9. The predicted molar refractivity (Wildman–Crippen MR) is 257 cm³/mol. The largest absolute Gasteiger partial charge is 0.481 e. The van der Waals surface area contributed by atoms with Crippen LogP contribution < -0.4 is 4.74 Å². The molecule has 0 saturated heterocycles. The van der Waals surface area contributed by atoms with E-state index in [4.69, 9.17) is 27.9 Å². The van der Waals surface area contributed by atoms with E-state index in [1.807, 2.05) is 0 Å². The van der Waals surface area contributed by atoms with Crippen molar-refractivity contribution in [1.29, 1.82) is 0 Å². The third kappa shape index (κ3) is 13.0. The van der Waals surface area contributed by atoms with Gasteiger partial charge in [0.25, 0.3) is 0 Å². The Bertz CT molecular complexity index is 3400. The van der Waals surface area contributed by atoms with E-state index in [9.17, 15) is 48.1 Å². The van der Waals surface area contributed by atoms with Crippen molar-refractivity contribution in [2.75, 3.05) is 0 Å². The minimum Gasteiger partial charge on any atom is -0.481 e. The number of carbonyl (C=O) groups excluding carboxylic acids is 2. The second-order valence-corrected chi connectivity index (χ2v) is 18.8. The van der Waals surface area contributed by atoms with Crippen LogP contribution >= 0.6 is 55.1 Å². The molecular weight excluding hydrogens is 1140 g/mol. The Hall–Kier alpha value is -7.33. The Labute approximate surface area is 435 Å². The molecule has 6 heterocycles. The number of carbonyl (C=O) groups is 2. The number of aliphatic hydroxyl groups is 1. The Morgan fingerprint density at radius 3 is 1.63 bits per heavy atom. The van der Waals surface area contributed by atoms with Crippen LogP contribution in [0.3, 0.4) is 0 Å². The van der Waals surface area contributed by atoms with Gasteiger partial charge in [0, 0.05) is 48.5 Å². The highest BCUT2D eigenvalue weighted by Crippen LogP contribution is 2.33. The molecule has 1 N–H and O–H groups in total. The highest BCUT2D eigenvalue weighted by molar-refractivity contribution is 9.10. The predicted octanol–water partition coefficient (Wildman–Crippen LogP) is 8.82. The second-order valence-electron chi connectivity index (χ2n) is 16.2. The topological polar surface area (TPSA) is 273 Å². The van der Waals surface area contributed by atoms with Crippen LogP contribution in [0.5, 0.6) is 5.75 Å². The first kappa shape index (κ1) is 52.0. The van der Waals surface area contributed by atoms with E-state index in [0.717, 1.165) is 25.5 Å². The number of rotatable bonds is 16. The summed E-state index contributed by atoms with van der Waals surface area (Å²) in [6.45, 7) is 0.744. The highest BCUT2D eigenvalue weighted by atomic mass is 79.9. The summed E-state index contributed by atoms with van der Waals surface area (Å²) >= 11 is 18.3. The fourth-order valence-corrected chi connectivity index (χ4v) is 7.86. The van der Waals surface area contributed by atoms with Gasteiger partial charge < -0.3 is 30.1 Å². The van der Waals surface area contributed by atoms with E-state index < -0.39 is 57.1 Å². The molecule has 22 nitrogen and oxygen atoms in total. The number of nitro groups is 2. The van der Waals surface area contributed by atoms with Crippen molar-refractivity contribution < 1.29 is 42.5 Å². The van der Waals surface area contributed by atoms with Crippen LogP contribution in [0, 0.1) is 49.5 Å². The number of ketones is 2. The van der Waals surface area contributed by atoms with Gasteiger partial charge >= 0.3 is 11.6 Å². The van der Waals surface area contributed by atoms with Gasteiger partial charge in [0.2, 0.25) is 23.1 Å². The van der Waals surface area contributed by atoms with Crippen LogP contribution in [0.15, 0.2) is 94.4 Å². The molecule has 29 heteroatoms. The first-order valence-electron chi connectivity index (χ1n) is 21.4. The molecule has 0 spiro atoms. The number of halogens is 7. The summed E-state index contributed by atoms with van der Waals surface area (Å²) in [6, 6.07) is 12.8. The quantitative estimate of drug-likeness (QED) is 0.0537. The molecule has 2 aliphatic rings. The lowest BCUT2D eigenvalue weighted by Gasteiger charge is -2.13. The van der Waals surface area contributed by atoms with Crippen molar-refractivity contribution in [1.82, 2.24) is 59.5 Å². The zero-order chi connectivity index (χ0) is 52.1. The molecule has 2 aliphatic carbocycles. The fourth-order valence-electron chi connectivity index (χ4n) is 6.89. The first-order chi connectivity index (χ1) is 34.9. The molecule has 0 atom stereocenters. The summed E-state index contributed by atoms with van der Waals surface area (Å²) in [5, 5.41) is 55.2. The van der Waals surface area contributed by atoms with Gasteiger partial charge in [-0.3, -0.25) is 19.0 Å².